The van der Waals surface area contributed by atoms with Crippen LogP contribution in [0.3, 0.4) is 0 Å². The van der Waals surface area contributed by atoms with Gasteiger partial charge in [0.05, 0.1) is 6.21 Å². The first-order valence-corrected chi connectivity index (χ1v) is 9.44. The summed E-state index contributed by atoms with van der Waals surface area (Å²) in [6.07, 6.45) is -3.51. The predicted octanol–water partition coefficient (Wildman–Crippen LogP) is 5.61. The molecule has 1 amide bonds. The minimum absolute atomic E-state index is 0.0836. The smallest absolute Gasteiger partial charge is 0.266 e. The van der Waals surface area contributed by atoms with Crippen LogP contribution in [0.5, 0.6) is 0 Å². The molecule has 0 fully saturated rings. The van der Waals surface area contributed by atoms with E-state index in [1.165, 1.54) is 6.21 Å². The molecule has 0 aliphatic heterocycles. The number of hydrazone groups is 1. The monoisotopic (exact) mass is 432 g/mol. The van der Waals surface area contributed by atoms with Crippen LogP contribution in [0.2, 0.25) is 0 Å². The van der Waals surface area contributed by atoms with Crippen molar-refractivity contribution in [1.29, 1.82) is 0 Å². The second kappa shape index (κ2) is 8.54. The minimum Gasteiger partial charge on any atom is -0.266 e. The van der Waals surface area contributed by atoms with E-state index in [9.17, 15) is 22.9 Å². The van der Waals surface area contributed by atoms with Gasteiger partial charge in [-0.25, -0.2) is 10.4 Å². The zero-order valence-electron chi connectivity index (χ0n) is 15.8. The number of rotatable bonds is 5. The lowest BCUT2D eigenvalue weighted by molar-refractivity contribution is -0.141. The first-order valence-electron chi connectivity index (χ1n) is 8.62. The number of hydrogen-bond acceptors (Lipinski definition) is 6. The average molecular weight is 432 g/mol. The van der Waals surface area contributed by atoms with E-state index in [-0.39, 0.29) is 5.01 Å². The van der Waals surface area contributed by atoms with Crippen LogP contribution in [0, 0.1) is 18.8 Å². The first kappa shape index (κ1) is 21.3. The Labute approximate surface area is 173 Å². The Morgan fingerprint density at radius 1 is 1.13 bits per heavy atom. The van der Waals surface area contributed by atoms with E-state index in [2.05, 4.69) is 20.7 Å². The largest absolute Gasteiger partial charge is 0.435 e. The quantitative estimate of drug-likeness (QED) is 0.323. The molecule has 1 heterocycles. The normalized spacial score (nSPS) is 11.6. The van der Waals surface area contributed by atoms with Gasteiger partial charge >= 0.3 is 6.18 Å². The molecule has 0 atom stereocenters. The van der Waals surface area contributed by atoms with Gasteiger partial charge < -0.3 is 0 Å². The van der Waals surface area contributed by atoms with Gasteiger partial charge in [0.2, 0.25) is 0 Å². The van der Waals surface area contributed by atoms with Crippen LogP contribution >= 0.6 is 11.3 Å². The van der Waals surface area contributed by atoms with Gasteiger partial charge in [0.25, 0.3) is 5.91 Å². The number of aryl methyl sites for hydroxylation is 2. The summed E-state index contributed by atoms with van der Waals surface area (Å²) in [5.41, 5.74) is 3.43. The highest BCUT2D eigenvalue weighted by Crippen LogP contribution is 2.37. The molecule has 3 rings (SSSR count). The van der Waals surface area contributed by atoms with Crippen molar-refractivity contribution in [2.75, 3.05) is 0 Å². The number of carbonyl (C=O) groups is 1. The van der Waals surface area contributed by atoms with Crippen molar-refractivity contribution >= 4 is 29.1 Å². The van der Waals surface area contributed by atoms with Crippen molar-refractivity contribution in [3.05, 3.63) is 74.6 Å². The van der Waals surface area contributed by atoms with E-state index in [0.29, 0.717) is 39.3 Å². The van der Waals surface area contributed by atoms with Gasteiger partial charge in [0.1, 0.15) is 15.6 Å². The summed E-state index contributed by atoms with van der Waals surface area (Å²) >= 11 is 0.639. The number of benzene rings is 2. The maximum absolute atomic E-state index is 13.4. The third-order valence-corrected chi connectivity index (χ3v) is 5.21. The highest BCUT2D eigenvalue weighted by Gasteiger charge is 2.39. The number of aromatic nitrogens is 1. The Balaban J connectivity index is 1.85. The molecule has 10 heteroatoms. The number of amides is 1. The van der Waals surface area contributed by atoms with E-state index in [1.807, 2.05) is 0 Å². The van der Waals surface area contributed by atoms with E-state index >= 15 is 0 Å². The SMILES string of the molecule is Cc1cc(/C=N/NC(=O)c2sc(-c3ccccc3)nc2C(F)(F)F)cc(C)c1N=O. The number of thiazole rings is 1. The lowest BCUT2D eigenvalue weighted by Crippen LogP contribution is -2.21. The molecule has 0 aliphatic rings. The van der Waals surface area contributed by atoms with Gasteiger partial charge in [0.15, 0.2) is 5.69 Å². The Bertz CT molecular complexity index is 1100. The molecular weight excluding hydrogens is 417 g/mol. The van der Waals surface area contributed by atoms with Crippen LogP contribution in [0.25, 0.3) is 10.6 Å². The fraction of sp³-hybridized carbons (Fsp3) is 0.150. The van der Waals surface area contributed by atoms with Crippen LogP contribution in [-0.2, 0) is 6.18 Å². The molecule has 0 aliphatic carbocycles. The molecule has 0 unspecified atom stereocenters. The zero-order valence-corrected chi connectivity index (χ0v) is 16.6. The standard InChI is InChI=1S/C20H15F3N4O2S/c1-11-8-13(9-12(2)15(11)27-29)10-24-26-18(28)16-17(20(21,22)23)25-19(30-16)14-6-4-3-5-7-14/h3-10H,1-2H3,(H,26,28)/b24-10+. The van der Waals surface area contributed by atoms with Gasteiger partial charge in [-0.1, -0.05) is 30.3 Å². The lowest BCUT2D eigenvalue weighted by Gasteiger charge is -2.05. The van der Waals surface area contributed by atoms with Gasteiger partial charge in [-0.15, -0.1) is 16.2 Å². The Morgan fingerprint density at radius 3 is 2.33 bits per heavy atom. The van der Waals surface area contributed by atoms with Crippen molar-refractivity contribution < 1.29 is 18.0 Å². The molecule has 2 aromatic carbocycles. The third-order valence-electron chi connectivity index (χ3n) is 4.11. The van der Waals surface area contributed by atoms with Crippen molar-refractivity contribution in [3.63, 3.8) is 0 Å². The number of hydrogen-bond donors (Lipinski definition) is 1. The number of nitroso groups, excluding NO2 is 1. The molecule has 30 heavy (non-hydrogen) atoms. The molecule has 1 aromatic heterocycles. The van der Waals surface area contributed by atoms with Gasteiger partial charge in [-0.2, -0.15) is 18.3 Å². The van der Waals surface area contributed by atoms with Gasteiger partial charge in [0, 0.05) is 5.56 Å². The number of nitrogens with zero attached hydrogens (tertiary/aromatic N) is 3. The number of alkyl halides is 3. The molecule has 0 bridgehead atoms. The molecule has 0 spiro atoms. The highest BCUT2D eigenvalue weighted by molar-refractivity contribution is 7.17. The van der Waals surface area contributed by atoms with E-state index in [1.54, 1.807) is 56.3 Å². The summed E-state index contributed by atoms with van der Waals surface area (Å²) in [6, 6.07) is 11.5. The lowest BCUT2D eigenvalue weighted by atomic mass is 10.1. The Hall–Kier alpha value is -3.40. The zero-order chi connectivity index (χ0) is 21.9. The molecule has 1 N–H and O–H groups in total. The molecule has 0 saturated carbocycles. The molecular formula is C20H15F3N4O2S. The molecule has 3 aromatic rings. The van der Waals surface area contributed by atoms with Crippen LogP contribution in [0.1, 0.15) is 32.1 Å². The maximum Gasteiger partial charge on any atom is 0.435 e. The number of halogens is 3. The Morgan fingerprint density at radius 2 is 1.77 bits per heavy atom. The highest BCUT2D eigenvalue weighted by atomic mass is 32.1. The minimum atomic E-state index is -4.79. The summed E-state index contributed by atoms with van der Waals surface area (Å²) in [7, 11) is 0. The van der Waals surface area contributed by atoms with Crippen LogP contribution in [-0.4, -0.2) is 17.1 Å². The molecule has 0 saturated heterocycles. The summed E-state index contributed by atoms with van der Waals surface area (Å²) in [4.78, 5) is 26.2. The fourth-order valence-corrected chi connectivity index (χ4v) is 3.78. The van der Waals surface area contributed by atoms with Crippen LogP contribution in [0.15, 0.2) is 52.7 Å². The van der Waals surface area contributed by atoms with Crippen molar-refractivity contribution in [2.45, 2.75) is 20.0 Å². The number of nitrogens with one attached hydrogen (secondary N) is 1. The Kier molecular flexibility index (Phi) is 6.06. The second-order valence-corrected chi connectivity index (χ2v) is 7.35. The van der Waals surface area contributed by atoms with Crippen LogP contribution in [0.4, 0.5) is 18.9 Å². The fourth-order valence-electron chi connectivity index (χ4n) is 2.79. The second-order valence-electron chi connectivity index (χ2n) is 6.35. The van der Waals surface area contributed by atoms with Crippen molar-refractivity contribution in [1.82, 2.24) is 10.4 Å². The molecule has 6 nitrogen and oxygen atoms in total. The predicted molar refractivity (Wildman–Crippen MR) is 109 cm³/mol. The molecule has 154 valence electrons. The summed E-state index contributed by atoms with van der Waals surface area (Å²) < 4.78 is 40.1. The maximum atomic E-state index is 13.4. The third kappa shape index (κ3) is 4.60. The van der Waals surface area contributed by atoms with E-state index in [0.717, 1.165) is 0 Å². The van der Waals surface area contributed by atoms with Crippen molar-refractivity contribution in [3.8, 4) is 10.6 Å². The summed E-state index contributed by atoms with van der Waals surface area (Å²) in [6.45, 7) is 3.38. The average Bonchev–Trinajstić information content (AvgIpc) is 3.15. The van der Waals surface area contributed by atoms with Crippen LogP contribution < -0.4 is 5.43 Å². The number of carbonyl (C=O) groups excluding carboxylic acids is 1. The van der Waals surface area contributed by atoms with Gasteiger partial charge in [-0.05, 0) is 47.8 Å². The van der Waals surface area contributed by atoms with E-state index < -0.39 is 22.7 Å². The summed E-state index contributed by atoms with van der Waals surface area (Å²) in [5, 5.41) is 6.77. The first-order chi connectivity index (χ1) is 14.2. The van der Waals surface area contributed by atoms with Crippen molar-refractivity contribution in [2.24, 2.45) is 10.3 Å². The van der Waals surface area contributed by atoms with Gasteiger partial charge in [-0.3, -0.25) is 4.79 Å². The molecule has 0 radical (unpaired) electrons. The van der Waals surface area contributed by atoms with E-state index in [4.69, 9.17) is 0 Å². The summed E-state index contributed by atoms with van der Waals surface area (Å²) in [5.74, 6) is -1.02. The topological polar surface area (TPSA) is 83.8 Å².